The maximum atomic E-state index is 11.9. The van der Waals surface area contributed by atoms with E-state index in [2.05, 4.69) is 39.2 Å². The van der Waals surface area contributed by atoms with E-state index in [0.717, 1.165) is 36.1 Å². The fraction of sp³-hybridized carbons (Fsp3) is 0.778. The Morgan fingerprint density at radius 2 is 2.23 bits per heavy atom. The van der Waals surface area contributed by atoms with E-state index in [1.165, 1.54) is 12.0 Å². The molecule has 7 nitrogen and oxygen atoms in total. The number of amides is 1. The van der Waals surface area contributed by atoms with Gasteiger partial charge in [0, 0.05) is 37.5 Å². The number of nitrogens with one attached hydrogen (secondary N) is 1. The number of ether oxygens (including phenoxy) is 2. The highest BCUT2D eigenvalue weighted by Gasteiger charge is 2.23. The van der Waals surface area contributed by atoms with E-state index in [-0.39, 0.29) is 17.9 Å². The predicted octanol–water partition coefficient (Wildman–Crippen LogP) is 3.19. The molecule has 1 unspecified atom stereocenters. The molecule has 0 bridgehead atoms. The van der Waals surface area contributed by atoms with E-state index in [1.807, 2.05) is 25.5 Å². The molecule has 0 spiro atoms. The van der Waals surface area contributed by atoms with Gasteiger partial charge in [-0.25, -0.2) is 9.48 Å². The standard InChI is InChI=1S/C18H31IN4O3/c1-18(2,3)22(4)17(24)26-12-10-20-9-8-14-13-23(21-16(14)19)15-7-5-6-11-25-15/h13,15,20H,5-12H2,1-4H3. The first-order valence-corrected chi connectivity index (χ1v) is 10.3. The molecule has 148 valence electrons. The largest absolute Gasteiger partial charge is 0.448 e. The molecule has 1 saturated heterocycles. The lowest BCUT2D eigenvalue weighted by Gasteiger charge is -2.30. The van der Waals surface area contributed by atoms with Gasteiger partial charge in [0.05, 0.1) is 0 Å². The zero-order valence-electron chi connectivity index (χ0n) is 16.3. The SMILES string of the molecule is CN(C(=O)OCCNCCc1cn(C2CCCCO2)nc1I)C(C)(C)C. The minimum atomic E-state index is -0.289. The molecular weight excluding hydrogens is 447 g/mol. The van der Waals surface area contributed by atoms with Gasteiger partial charge in [0.1, 0.15) is 16.5 Å². The average molecular weight is 478 g/mol. The molecular formula is C18H31IN4O3. The van der Waals surface area contributed by atoms with Crippen LogP contribution in [0, 0.1) is 3.70 Å². The summed E-state index contributed by atoms with van der Waals surface area (Å²) in [5.74, 6) is 0. The molecule has 0 saturated carbocycles. The average Bonchev–Trinajstić information content (AvgIpc) is 2.98. The van der Waals surface area contributed by atoms with Crippen molar-refractivity contribution in [2.75, 3.05) is 33.4 Å². The highest BCUT2D eigenvalue weighted by atomic mass is 127. The summed E-state index contributed by atoms with van der Waals surface area (Å²) >= 11 is 2.28. The van der Waals surface area contributed by atoms with Gasteiger partial charge in [0.25, 0.3) is 0 Å². The summed E-state index contributed by atoms with van der Waals surface area (Å²) in [4.78, 5) is 13.5. The molecule has 0 aliphatic carbocycles. The molecule has 1 aromatic rings. The zero-order valence-corrected chi connectivity index (χ0v) is 18.4. The molecule has 0 aromatic carbocycles. The van der Waals surface area contributed by atoms with Crippen molar-refractivity contribution in [3.05, 3.63) is 15.5 Å². The van der Waals surface area contributed by atoms with Crippen LogP contribution in [-0.4, -0.2) is 59.7 Å². The molecule has 1 aliphatic heterocycles. The van der Waals surface area contributed by atoms with Crippen molar-refractivity contribution in [3.63, 3.8) is 0 Å². The number of hydrogen-bond acceptors (Lipinski definition) is 5. The van der Waals surface area contributed by atoms with E-state index in [9.17, 15) is 4.79 Å². The van der Waals surface area contributed by atoms with Crippen LogP contribution >= 0.6 is 22.6 Å². The summed E-state index contributed by atoms with van der Waals surface area (Å²) in [6.45, 7) is 8.58. The third-order valence-corrected chi connectivity index (χ3v) is 5.47. The molecule has 0 radical (unpaired) electrons. The molecule has 1 aliphatic rings. The first-order valence-electron chi connectivity index (χ1n) is 9.25. The third-order valence-electron chi connectivity index (χ3n) is 4.56. The summed E-state index contributed by atoms with van der Waals surface area (Å²) in [5, 5.41) is 7.91. The van der Waals surface area contributed by atoms with Crippen molar-refractivity contribution >= 4 is 28.7 Å². The highest BCUT2D eigenvalue weighted by molar-refractivity contribution is 14.1. The van der Waals surface area contributed by atoms with Crippen LogP contribution in [0.5, 0.6) is 0 Å². The van der Waals surface area contributed by atoms with E-state index in [0.29, 0.717) is 13.2 Å². The van der Waals surface area contributed by atoms with E-state index in [1.54, 1.807) is 11.9 Å². The van der Waals surface area contributed by atoms with Crippen LogP contribution in [0.25, 0.3) is 0 Å². The molecule has 1 aromatic heterocycles. The van der Waals surface area contributed by atoms with Crippen LogP contribution in [0.2, 0.25) is 0 Å². The molecule has 1 atom stereocenters. The van der Waals surface area contributed by atoms with E-state index in [4.69, 9.17) is 9.47 Å². The summed E-state index contributed by atoms with van der Waals surface area (Å²) in [6.07, 6.45) is 6.14. The van der Waals surface area contributed by atoms with Crippen LogP contribution in [-0.2, 0) is 15.9 Å². The van der Waals surface area contributed by atoms with Gasteiger partial charge < -0.3 is 19.7 Å². The Morgan fingerprint density at radius 1 is 1.46 bits per heavy atom. The lowest BCUT2D eigenvalue weighted by Crippen LogP contribution is -2.43. The number of hydrogen-bond donors (Lipinski definition) is 1. The van der Waals surface area contributed by atoms with E-state index >= 15 is 0 Å². The van der Waals surface area contributed by atoms with E-state index < -0.39 is 0 Å². The normalized spacial score (nSPS) is 18.0. The van der Waals surface area contributed by atoms with Gasteiger partial charge in [-0.15, -0.1) is 0 Å². The fourth-order valence-corrected chi connectivity index (χ4v) is 3.24. The number of carbonyl (C=O) groups excluding carboxylic acids is 1. The van der Waals surface area contributed by atoms with Gasteiger partial charge in [-0.1, -0.05) is 0 Å². The first kappa shape index (κ1) is 21.4. The zero-order chi connectivity index (χ0) is 19.2. The fourth-order valence-electron chi connectivity index (χ4n) is 2.58. The van der Waals surface area contributed by atoms with Crippen molar-refractivity contribution in [1.29, 1.82) is 0 Å². The van der Waals surface area contributed by atoms with Crippen molar-refractivity contribution in [2.45, 2.75) is 58.2 Å². The number of carbonyl (C=O) groups is 1. The first-order chi connectivity index (χ1) is 12.3. The topological polar surface area (TPSA) is 68.6 Å². The Labute approximate surface area is 169 Å². The van der Waals surface area contributed by atoms with Gasteiger partial charge in [-0.2, -0.15) is 5.10 Å². The van der Waals surface area contributed by atoms with Gasteiger partial charge in [0.2, 0.25) is 0 Å². The number of rotatable bonds is 7. The lowest BCUT2D eigenvalue weighted by atomic mass is 10.1. The Hall–Kier alpha value is -0.870. The van der Waals surface area contributed by atoms with Gasteiger partial charge in [0.15, 0.2) is 0 Å². The molecule has 2 rings (SSSR count). The summed E-state index contributed by atoms with van der Waals surface area (Å²) in [7, 11) is 1.76. The van der Waals surface area contributed by atoms with Crippen molar-refractivity contribution in [1.82, 2.24) is 20.0 Å². The smallest absolute Gasteiger partial charge is 0.409 e. The minimum Gasteiger partial charge on any atom is -0.448 e. The van der Waals surface area contributed by atoms with Crippen LogP contribution in [0.15, 0.2) is 6.20 Å². The minimum absolute atomic E-state index is 0.0817. The lowest BCUT2D eigenvalue weighted by molar-refractivity contribution is -0.0397. The van der Waals surface area contributed by atoms with Crippen LogP contribution in [0.1, 0.15) is 51.8 Å². The Bertz CT molecular complexity index is 579. The van der Waals surface area contributed by atoms with Gasteiger partial charge in [-0.3, -0.25) is 0 Å². The van der Waals surface area contributed by atoms with Crippen LogP contribution in [0.3, 0.4) is 0 Å². The number of nitrogens with zero attached hydrogens (tertiary/aromatic N) is 3. The Kier molecular flexibility index (Phi) is 8.15. The molecule has 1 amide bonds. The maximum absolute atomic E-state index is 11.9. The second kappa shape index (κ2) is 9.89. The molecule has 26 heavy (non-hydrogen) atoms. The van der Waals surface area contributed by atoms with Gasteiger partial charge >= 0.3 is 6.09 Å². The summed E-state index contributed by atoms with van der Waals surface area (Å²) < 4.78 is 14.0. The second-order valence-electron chi connectivity index (χ2n) is 7.59. The number of halogens is 1. The highest BCUT2D eigenvalue weighted by Crippen LogP contribution is 2.23. The monoisotopic (exact) mass is 478 g/mol. The van der Waals surface area contributed by atoms with Crippen LogP contribution < -0.4 is 5.32 Å². The summed E-state index contributed by atoms with van der Waals surface area (Å²) in [6, 6.07) is 0. The quantitative estimate of drug-likeness (QED) is 0.482. The van der Waals surface area contributed by atoms with Crippen LogP contribution in [0.4, 0.5) is 4.79 Å². The molecule has 8 heteroatoms. The number of aromatic nitrogens is 2. The van der Waals surface area contributed by atoms with Crippen molar-refractivity contribution in [3.8, 4) is 0 Å². The van der Waals surface area contributed by atoms with Gasteiger partial charge in [-0.05, 0) is 75.6 Å². The molecule has 2 heterocycles. The second-order valence-corrected chi connectivity index (χ2v) is 8.61. The maximum Gasteiger partial charge on any atom is 0.409 e. The van der Waals surface area contributed by atoms with Crippen molar-refractivity contribution in [2.24, 2.45) is 0 Å². The van der Waals surface area contributed by atoms with Crippen molar-refractivity contribution < 1.29 is 14.3 Å². The Balaban J connectivity index is 1.65. The molecule has 1 N–H and O–H groups in total. The third kappa shape index (κ3) is 6.38. The predicted molar refractivity (Wildman–Crippen MR) is 109 cm³/mol. The summed E-state index contributed by atoms with van der Waals surface area (Å²) in [5.41, 5.74) is 0.986. The Morgan fingerprint density at radius 3 is 2.88 bits per heavy atom. The molecule has 1 fully saturated rings.